The Kier molecular flexibility index (Phi) is 4.36. The number of nitrogens with one attached hydrogen (secondary N) is 2. The van der Waals surface area contributed by atoms with E-state index in [9.17, 15) is 0 Å². The Morgan fingerprint density at radius 2 is 2.10 bits per heavy atom. The van der Waals surface area contributed by atoms with E-state index in [4.69, 9.17) is 0 Å². The Bertz CT molecular complexity index is 560. The molecule has 0 bridgehead atoms. The average Bonchev–Trinajstić information content (AvgIpc) is 3.00. The van der Waals surface area contributed by atoms with Crippen molar-refractivity contribution in [3.63, 3.8) is 0 Å². The van der Waals surface area contributed by atoms with Crippen LogP contribution in [0, 0.1) is 5.41 Å². The van der Waals surface area contributed by atoms with Crippen LogP contribution in [0.5, 0.6) is 0 Å². The molecule has 0 amide bonds. The summed E-state index contributed by atoms with van der Waals surface area (Å²) in [5, 5.41) is 10.7. The molecule has 2 N–H and O–H groups in total. The summed E-state index contributed by atoms with van der Waals surface area (Å²) in [6.07, 6.45) is 3.09. The number of thioether (sulfide) groups is 1. The highest BCUT2D eigenvalue weighted by Crippen LogP contribution is 2.34. The smallest absolute Gasteiger partial charge is 0.0650 e. The van der Waals surface area contributed by atoms with E-state index in [2.05, 4.69) is 65.4 Å². The van der Waals surface area contributed by atoms with Crippen molar-refractivity contribution in [2.24, 2.45) is 5.41 Å². The molecule has 4 heteroatoms. The van der Waals surface area contributed by atoms with E-state index in [-0.39, 0.29) is 0 Å². The van der Waals surface area contributed by atoms with Crippen molar-refractivity contribution in [2.75, 3.05) is 11.5 Å². The number of benzene rings is 1. The molecule has 2 heterocycles. The van der Waals surface area contributed by atoms with Gasteiger partial charge < -0.3 is 5.32 Å². The summed E-state index contributed by atoms with van der Waals surface area (Å²) in [7, 11) is 0. The standard InChI is InChI=1S/C17H23N3S/c1-17(2)8-10-21-12-16(17)18-11-13-3-5-14(6-4-13)15-7-9-19-20-15/h3-7,9,16,18H,8,10-12H2,1-2H3,(H,19,20). The van der Waals surface area contributed by atoms with E-state index in [1.807, 2.05) is 6.07 Å². The van der Waals surface area contributed by atoms with E-state index in [1.54, 1.807) is 6.20 Å². The first-order chi connectivity index (χ1) is 10.1. The topological polar surface area (TPSA) is 40.7 Å². The molecule has 3 nitrogen and oxygen atoms in total. The fraction of sp³-hybridized carbons (Fsp3) is 0.471. The SMILES string of the molecule is CC1(C)CCSCC1NCc1ccc(-c2ccn[nH]2)cc1. The number of nitrogens with zero attached hydrogens (tertiary/aromatic N) is 1. The van der Waals surface area contributed by atoms with E-state index in [0.29, 0.717) is 11.5 Å². The number of aromatic nitrogens is 2. The summed E-state index contributed by atoms with van der Waals surface area (Å²) >= 11 is 2.07. The van der Waals surface area contributed by atoms with Crippen molar-refractivity contribution >= 4 is 11.8 Å². The lowest BCUT2D eigenvalue weighted by molar-refractivity contribution is 0.245. The predicted molar refractivity (Wildman–Crippen MR) is 90.4 cm³/mol. The van der Waals surface area contributed by atoms with Gasteiger partial charge in [0.05, 0.1) is 5.69 Å². The van der Waals surface area contributed by atoms with Gasteiger partial charge in [0, 0.05) is 24.5 Å². The van der Waals surface area contributed by atoms with Gasteiger partial charge in [0.15, 0.2) is 0 Å². The van der Waals surface area contributed by atoms with Crippen LogP contribution in [0.1, 0.15) is 25.8 Å². The van der Waals surface area contributed by atoms with Crippen molar-refractivity contribution in [3.8, 4) is 11.3 Å². The van der Waals surface area contributed by atoms with Gasteiger partial charge >= 0.3 is 0 Å². The van der Waals surface area contributed by atoms with Crippen LogP contribution in [0.2, 0.25) is 0 Å². The quantitative estimate of drug-likeness (QED) is 0.904. The van der Waals surface area contributed by atoms with Crippen LogP contribution in [-0.4, -0.2) is 27.7 Å². The predicted octanol–water partition coefficient (Wildman–Crippen LogP) is 3.70. The van der Waals surface area contributed by atoms with Crippen molar-refractivity contribution in [3.05, 3.63) is 42.1 Å². The van der Waals surface area contributed by atoms with E-state index >= 15 is 0 Å². The molecule has 2 aromatic rings. The first-order valence-corrected chi connectivity index (χ1v) is 8.70. The molecular weight excluding hydrogens is 278 g/mol. The van der Waals surface area contributed by atoms with Crippen LogP contribution < -0.4 is 5.32 Å². The molecule has 0 radical (unpaired) electrons. The molecule has 1 unspecified atom stereocenters. The maximum Gasteiger partial charge on any atom is 0.0650 e. The highest BCUT2D eigenvalue weighted by molar-refractivity contribution is 7.99. The summed E-state index contributed by atoms with van der Waals surface area (Å²) in [4.78, 5) is 0. The first-order valence-electron chi connectivity index (χ1n) is 7.55. The lowest BCUT2D eigenvalue weighted by atomic mass is 9.82. The molecule has 3 rings (SSSR count). The minimum Gasteiger partial charge on any atom is -0.309 e. The Morgan fingerprint density at radius 3 is 2.76 bits per heavy atom. The summed E-state index contributed by atoms with van der Waals surface area (Å²) < 4.78 is 0. The molecule has 0 spiro atoms. The molecular formula is C17H23N3S. The molecule has 1 atom stereocenters. The van der Waals surface area contributed by atoms with Crippen LogP contribution >= 0.6 is 11.8 Å². The Labute approximate surface area is 130 Å². The highest BCUT2D eigenvalue weighted by Gasteiger charge is 2.31. The van der Waals surface area contributed by atoms with E-state index in [0.717, 1.165) is 12.2 Å². The molecule has 21 heavy (non-hydrogen) atoms. The van der Waals surface area contributed by atoms with Crippen molar-refractivity contribution in [1.29, 1.82) is 0 Å². The second-order valence-corrected chi connectivity index (χ2v) is 7.56. The molecule has 1 aromatic heterocycles. The maximum atomic E-state index is 3.99. The van der Waals surface area contributed by atoms with Gasteiger partial charge in [-0.25, -0.2) is 0 Å². The van der Waals surface area contributed by atoms with Gasteiger partial charge in [-0.2, -0.15) is 16.9 Å². The first kappa shape index (κ1) is 14.7. The molecule has 112 valence electrons. The lowest BCUT2D eigenvalue weighted by Gasteiger charge is -2.39. The van der Waals surface area contributed by atoms with Crippen molar-refractivity contribution in [2.45, 2.75) is 32.9 Å². The molecule has 1 fully saturated rings. The van der Waals surface area contributed by atoms with Gasteiger partial charge in [-0.3, -0.25) is 5.10 Å². The van der Waals surface area contributed by atoms with Crippen LogP contribution in [0.15, 0.2) is 36.5 Å². The van der Waals surface area contributed by atoms with Crippen LogP contribution in [-0.2, 0) is 6.54 Å². The fourth-order valence-electron chi connectivity index (χ4n) is 2.73. The summed E-state index contributed by atoms with van der Waals surface area (Å²) in [5.74, 6) is 2.52. The summed E-state index contributed by atoms with van der Waals surface area (Å²) in [5.41, 5.74) is 4.00. The second-order valence-electron chi connectivity index (χ2n) is 6.41. The highest BCUT2D eigenvalue weighted by atomic mass is 32.2. The second kappa shape index (κ2) is 6.24. The normalized spacial score (nSPS) is 21.3. The average molecular weight is 301 g/mol. The Hall–Kier alpha value is -1.26. The Morgan fingerprint density at radius 1 is 1.29 bits per heavy atom. The molecule has 1 aliphatic rings. The zero-order valence-corrected chi connectivity index (χ0v) is 13.5. The third-order valence-corrected chi connectivity index (χ3v) is 5.50. The third-order valence-electron chi connectivity index (χ3n) is 4.44. The minimum absolute atomic E-state index is 0.404. The van der Waals surface area contributed by atoms with Gasteiger partial charge in [-0.1, -0.05) is 38.1 Å². The van der Waals surface area contributed by atoms with Crippen LogP contribution in [0.25, 0.3) is 11.3 Å². The number of H-pyrrole nitrogens is 1. The van der Waals surface area contributed by atoms with E-state index < -0.39 is 0 Å². The van der Waals surface area contributed by atoms with Gasteiger partial charge in [0.25, 0.3) is 0 Å². The molecule has 1 aliphatic heterocycles. The van der Waals surface area contributed by atoms with Crippen LogP contribution in [0.4, 0.5) is 0 Å². The zero-order chi connectivity index (χ0) is 14.7. The minimum atomic E-state index is 0.404. The van der Waals surface area contributed by atoms with Crippen molar-refractivity contribution in [1.82, 2.24) is 15.5 Å². The monoisotopic (exact) mass is 301 g/mol. The number of hydrogen-bond acceptors (Lipinski definition) is 3. The molecule has 0 saturated carbocycles. The van der Waals surface area contributed by atoms with Crippen molar-refractivity contribution < 1.29 is 0 Å². The number of rotatable bonds is 4. The van der Waals surface area contributed by atoms with E-state index in [1.165, 1.54) is 29.1 Å². The summed E-state index contributed by atoms with van der Waals surface area (Å²) in [6.45, 7) is 5.70. The third kappa shape index (κ3) is 3.50. The lowest BCUT2D eigenvalue weighted by Crippen LogP contribution is -2.46. The number of hydrogen-bond donors (Lipinski definition) is 2. The van der Waals surface area contributed by atoms with Gasteiger partial charge in [0.2, 0.25) is 0 Å². The van der Waals surface area contributed by atoms with Gasteiger partial charge in [-0.15, -0.1) is 0 Å². The zero-order valence-electron chi connectivity index (χ0n) is 12.7. The largest absolute Gasteiger partial charge is 0.309 e. The fourth-order valence-corrected chi connectivity index (χ4v) is 4.37. The molecule has 0 aliphatic carbocycles. The van der Waals surface area contributed by atoms with Crippen LogP contribution in [0.3, 0.4) is 0 Å². The van der Waals surface area contributed by atoms with Gasteiger partial charge in [0.1, 0.15) is 0 Å². The maximum absolute atomic E-state index is 3.99. The number of aromatic amines is 1. The Balaban J connectivity index is 1.61. The summed E-state index contributed by atoms with van der Waals surface area (Å²) in [6, 6.07) is 11.3. The molecule has 1 saturated heterocycles. The van der Waals surface area contributed by atoms with Gasteiger partial charge in [-0.05, 0) is 34.8 Å². The molecule has 1 aromatic carbocycles.